The van der Waals surface area contributed by atoms with Gasteiger partial charge in [0.15, 0.2) is 0 Å². The summed E-state index contributed by atoms with van der Waals surface area (Å²) < 4.78 is 40.9. The average Bonchev–Trinajstić information content (AvgIpc) is 2.31. The number of benzene rings is 1. The number of nitrogens with two attached hydrogens (primary N) is 1. The summed E-state index contributed by atoms with van der Waals surface area (Å²) >= 11 is 0. The molecule has 1 aromatic rings. The van der Waals surface area contributed by atoms with Crippen molar-refractivity contribution < 1.29 is 17.9 Å². The van der Waals surface area contributed by atoms with Crippen molar-refractivity contribution in [2.24, 2.45) is 11.1 Å². The zero-order chi connectivity index (χ0) is 15.0. The van der Waals surface area contributed by atoms with Crippen LogP contribution in [0.2, 0.25) is 0 Å². The maximum Gasteiger partial charge on any atom is 0.573 e. The Morgan fingerprint density at radius 3 is 2.40 bits per heavy atom. The van der Waals surface area contributed by atoms with Crippen molar-refractivity contribution in [3.63, 3.8) is 0 Å². The van der Waals surface area contributed by atoms with Gasteiger partial charge >= 0.3 is 6.36 Å². The second kappa shape index (κ2) is 4.95. The predicted molar refractivity (Wildman–Crippen MR) is 71.2 cm³/mol. The molecule has 0 aliphatic heterocycles. The summed E-state index contributed by atoms with van der Waals surface area (Å²) in [5, 5.41) is 0. The summed E-state index contributed by atoms with van der Waals surface area (Å²) in [4.78, 5) is 0. The van der Waals surface area contributed by atoms with Crippen molar-refractivity contribution >= 4 is 0 Å². The van der Waals surface area contributed by atoms with Crippen LogP contribution in [0.5, 0.6) is 5.75 Å². The van der Waals surface area contributed by atoms with Crippen LogP contribution in [0, 0.1) is 5.41 Å². The van der Waals surface area contributed by atoms with Crippen LogP contribution in [0.25, 0.3) is 0 Å². The number of hydrogen-bond acceptors (Lipinski definition) is 2. The first-order chi connectivity index (χ1) is 9.14. The van der Waals surface area contributed by atoms with Crippen molar-refractivity contribution in [1.29, 1.82) is 0 Å². The summed E-state index contributed by atoms with van der Waals surface area (Å²) in [6, 6.07) is 6.07. The van der Waals surface area contributed by atoms with Crippen molar-refractivity contribution in [3.05, 3.63) is 29.8 Å². The van der Waals surface area contributed by atoms with E-state index >= 15 is 0 Å². The molecular formula is C15H20F3NO. The van der Waals surface area contributed by atoms with E-state index in [9.17, 15) is 13.2 Å². The lowest BCUT2D eigenvalue weighted by molar-refractivity contribution is -0.274. The summed E-state index contributed by atoms with van der Waals surface area (Å²) in [5.74, 6) is -0.207. The molecule has 1 unspecified atom stereocenters. The van der Waals surface area contributed by atoms with Crippen molar-refractivity contribution in [1.82, 2.24) is 0 Å². The molecule has 0 amide bonds. The number of ether oxygens (including phenoxy) is 1. The summed E-state index contributed by atoms with van der Waals surface area (Å²) in [5.41, 5.74) is 6.50. The van der Waals surface area contributed by atoms with Crippen LogP contribution in [0.4, 0.5) is 13.2 Å². The Bertz CT molecular complexity index is 484. The van der Waals surface area contributed by atoms with Crippen molar-refractivity contribution in [2.75, 3.05) is 0 Å². The van der Waals surface area contributed by atoms with E-state index in [1.807, 2.05) is 0 Å². The molecule has 1 atom stereocenters. The molecule has 112 valence electrons. The fraction of sp³-hybridized carbons (Fsp3) is 0.600. The van der Waals surface area contributed by atoms with Crippen LogP contribution in [-0.4, -0.2) is 6.36 Å². The van der Waals surface area contributed by atoms with Gasteiger partial charge in [-0.05, 0) is 36.0 Å². The third kappa shape index (κ3) is 2.92. The van der Waals surface area contributed by atoms with Crippen molar-refractivity contribution in [3.8, 4) is 5.75 Å². The van der Waals surface area contributed by atoms with Gasteiger partial charge in [-0.25, -0.2) is 0 Å². The number of alkyl halides is 3. The molecule has 2 N–H and O–H groups in total. The smallest absolute Gasteiger partial charge is 0.406 e. The van der Waals surface area contributed by atoms with E-state index in [1.54, 1.807) is 12.1 Å². The first-order valence-corrected chi connectivity index (χ1v) is 6.79. The lowest BCUT2D eigenvalue weighted by Crippen LogP contribution is -2.51. The van der Waals surface area contributed by atoms with Crippen LogP contribution in [0.15, 0.2) is 24.3 Å². The standard InChI is InChI=1S/C15H20F3NO/c1-13(2)8-3-4-9-14(13,19)11-6-5-7-12(10-11)20-15(16,17)18/h5-7,10H,3-4,8-9,19H2,1-2H3. The quantitative estimate of drug-likeness (QED) is 0.878. The molecule has 2 rings (SSSR count). The van der Waals surface area contributed by atoms with Crippen LogP contribution < -0.4 is 10.5 Å². The Balaban J connectivity index is 2.34. The fourth-order valence-corrected chi connectivity index (χ4v) is 3.04. The molecule has 0 bridgehead atoms. The first kappa shape index (κ1) is 15.2. The average molecular weight is 287 g/mol. The molecule has 0 heterocycles. The minimum absolute atomic E-state index is 0.151. The van der Waals surface area contributed by atoms with E-state index in [-0.39, 0.29) is 11.2 Å². The molecule has 0 saturated heterocycles. The molecule has 0 radical (unpaired) electrons. The molecule has 0 spiro atoms. The topological polar surface area (TPSA) is 35.2 Å². The van der Waals surface area contributed by atoms with Gasteiger partial charge in [0.1, 0.15) is 5.75 Å². The van der Waals surface area contributed by atoms with Crippen LogP contribution in [-0.2, 0) is 5.54 Å². The molecule has 0 aromatic heterocycles. The summed E-state index contributed by atoms with van der Waals surface area (Å²) in [6.07, 6.45) is -0.846. The third-order valence-electron chi connectivity index (χ3n) is 4.41. The molecule has 2 nitrogen and oxygen atoms in total. The molecule has 1 aromatic carbocycles. The molecule has 1 fully saturated rings. The van der Waals surface area contributed by atoms with Crippen LogP contribution >= 0.6 is 0 Å². The van der Waals surface area contributed by atoms with E-state index < -0.39 is 11.9 Å². The minimum atomic E-state index is -4.68. The SMILES string of the molecule is CC1(C)CCCCC1(N)c1cccc(OC(F)(F)F)c1. The normalized spacial score (nSPS) is 26.3. The second-order valence-corrected chi connectivity index (χ2v) is 6.14. The Hall–Kier alpha value is -1.23. The number of halogens is 3. The van der Waals surface area contributed by atoms with Gasteiger partial charge in [-0.15, -0.1) is 13.2 Å². The van der Waals surface area contributed by atoms with E-state index in [1.165, 1.54) is 12.1 Å². The van der Waals surface area contributed by atoms with Gasteiger partial charge < -0.3 is 10.5 Å². The third-order valence-corrected chi connectivity index (χ3v) is 4.41. The number of hydrogen-bond donors (Lipinski definition) is 1. The molecular weight excluding hydrogens is 267 g/mol. The molecule has 5 heteroatoms. The van der Waals surface area contributed by atoms with Crippen molar-refractivity contribution in [2.45, 2.75) is 51.4 Å². The number of rotatable bonds is 2. The highest BCUT2D eigenvalue weighted by Gasteiger charge is 2.45. The van der Waals surface area contributed by atoms with Gasteiger partial charge in [0.25, 0.3) is 0 Å². The lowest BCUT2D eigenvalue weighted by atomic mass is 9.61. The van der Waals surface area contributed by atoms with Crippen LogP contribution in [0.3, 0.4) is 0 Å². The largest absolute Gasteiger partial charge is 0.573 e. The fourth-order valence-electron chi connectivity index (χ4n) is 3.04. The van der Waals surface area contributed by atoms with Gasteiger partial charge in [-0.1, -0.05) is 38.8 Å². The zero-order valence-corrected chi connectivity index (χ0v) is 11.8. The Labute approximate surface area is 117 Å². The lowest BCUT2D eigenvalue weighted by Gasteiger charge is -2.48. The highest BCUT2D eigenvalue weighted by Crippen LogP contribution is 2.48. The minimum Gasteiger partial charge on any atom is -0.406 e. The Morgan fingerprint density at radius 2 is 1.80 bits per heavy atom. The molecule has 1 aliphatic rings. The van der Waals surface area contributed by atoms with Gasteiger partial charge in [-0.2, -0.15) is 0 Å². The first-order valence-electron chi connectivity index (χ1n) is 6.79. The summed E-state index contributed by atoms with van der Waals surface area (Å²) in [6.45, 7) is 4.15. The van der Waals surface area contributed by atoms with E-state index in [2.05, 4.69) is 18.6 Å². The molecule has 1 saturated carbocycles. The maximum absolute atomic E-state index is 12.3. The molecule has 20 heavy (non-hydrogen) atoms. The van der Waals surface area contributed by atoms with Gasteiger partial charge in [0, 0.05) is 5.54 Å². The monoisotopic (exact) mass is 287 g/mol. The van der Waals surface area contributed by atoms with Crippen LogP contribution in [0.1, 0.15) is 45.1 Å². The van der Waals surface area contributed by atoms with Gasteiger partial charge in [-0.3, -0.25) is 0 Å². The Kier molecular flexibility index (Phi) is 3.75. The predicted octanol–water partition coefficient (Wildman–Crippen LogP) is 4.34. The maximum atomic E-state index is 12.3. The summed E-state index contributed by atoms with van der Waals surface area (Å²) in [7, 11) is 0. The van der Waals surface area contributed by atoms with Gasteiger partial charge in [0.2, 0.25) is 0 Å². The van der Waals surface area contributed by atoms with E-state index in [4.69, 9.17) is 5.73 Å². The highest BCUT2D eigenvalue weighted by atomic mass is 19.4. The van der Waals surface area contributed by atoms with E-state index in [0.717, 1.165) is 25.7 Å². The van der Waals surface area contributed by atoms with Gasteiger partial charge in [0.05, 0.1) is 0 Å². The molecule has 1 aliphatic carbocycles. The van der Waals surface area contributed by atoms with E-state index in [0.29, 0.717) is 5.56 Å². The highest BCUT2D eigenvalue weighted by molar-refractivity contribution is 5.35. The Morgan fingerprint density at radius 1 is 1.15 bits per heavy atom. The zero-order valence-electron chi connectivity index (χ0n) is 11.8. The second-order valence-electron chi connectivity index (χ2n) is 6.14.